The van der Waals surface area contributed by atoms with Gasteiger partial charge in [0.15, 0.2) is 6.23 Å². The van der Waals surface area contributed by atoms with Crippen LogP contribution in [0.1, 0.15) is 11.8 Å². The molecule has 1 fully saturated rings. The van der Waals surface area contributed by atoms with Gasteiger partial charge in [-0.05, 0) is 17.7 Å². The number of fused-ring (bicyclic) bond motifs is 1. The van der Waals surface area contributed by atoms with E-state index < -0.39 is 24.5 Å². The summed E-state index contributed by atoms with van der Waals surface area (Å²) in [6, 6.07) is 19.8. The number of nitrogens with zero attached hydrogens (tertiary/aromatic N) is 3. The Hall–Kier alpha value is -3.17. The van der Waals surface area contributed by atoms with Crippen molar-refractivity contribution in [3.8, 4) is 11.1 Å². The summed E-state index contributed by atoms with van der Waals surface area (Å²) in [6.45, 7) is 0.168. The third kappa shape index (κ3) is 3.60. The van der Waals surface area contributed by atoms with Gasteiger partial charge < -0.3 is 24.6 Å². The van der Waals surface area contributed by atoms with Gasteiger partial charge in [0.2, 0.25) is 0 Å². The number of para-hydroxylation sites is 1. The number of aliphatic imine (C=N–C) groups is 1. The number of rotatable bonds is 5. The molecule has 8 heteroatoms. The van der Waals surface area contributed by atoms with Crippen LogP contribution in [0.3, 0.4) is 0 Å². The Morgan fingerprint density at radius 1 is 1.00 bits per heavy atom. The van der Waals surface area contributed by atoms with Gasteiger partial charge in [0.05, 0.1) is 18.8 Å². The number of benzene rings is 2. The molecular formula is C23H24N4O4. The first-order valence-corrected chi connectivity index (χ1v) is 10.2. The third-order valence-corrected chi connectivity index (χ3v) is 5.68. The zero-order valence-electron chi connectivity index (χ0n) is 16.7. The molecule has 3 aromatic rings. The van der Waals surface area contributed by atoms with Crippen LogP contribution in [0.5, 0.6) is 0 Å². The van der Waals surface area contributed by atoms with Crippen molar-refractivity contribution < 1.29 is 20.1 Å². The molecule has 0 amide bonds. The first kappa shape index (κ1) is 19.8. The van der Waals surface area contributed by atoms with E-state index in [1.165, 1.54) is 0 Å². The zero-order valence-corrected chi connectivity index (χ0v) is 16.7. The van der Waals surface area contributed by atoms with Crippen molar-refractivity contribution in [3.63, 3.8) is 0 Å². The van der Waals surface area contributed by atoms with Crippen molar-refractivity contribution in [3.05, 3.63) is 72.4 Å². The summed E-state index contributed by atoms with van der Waals surface area (Å²) in [4.78, 5) is 4.64. The van der Waals surface area contributed by atoms with Gasteiger partial charge in [-0.2, -0.15) is 0 Å². The van der Waals surface area contributed by atoms with Crippen molar-refractivity contribution in [2.24, 2.45) is 4.99 Å². The Bertz CT molecular complexity index is 1070. The Morgan fingerprint density at radius 3 is 2.39 bits per heavy atom. The predicted molar refractivity (Wildman–Crippen MR) is 117 cm³/mol. The number of aliphatic hydroxyl groups excluding tert-OH is 3. The highest BCUT2D eigenvalue weighted by Crippen LogP contribution is 2.41. The quantitative estimate of drug-likeness (QED) is 0.505. The van der Waals surface area contributed by atoms with Crippen LogP contribution in [-0.4, -0.2) is 56.2 Å². The minimum Gasteiger partial charge on any atom is -0.394 e. The lowest BCUT2D eigenvalue weighted by Gasteiger charge is -2.26. The molecular weight excluding hydrogens is 396 g/mol. The average Bonchev–Trinajstić information content (AvgIpc) is 3.32. The van der Waals surface area contributed by atoms with Crippen molar-refractivity contribution in [2.45, 2.75) is 31.1 Å². The fraction of sp³-hybridized carbons (Fsp3) is 0.261. The third-order valence-electron chi connectivity index (χ3n) is 5.68. The topological polar surface area (TPSA) is 102 Å². The second kappa shape index (κ2) is 8.16. The molecule has 160 valence electrons. The van der Waals surface area contributed by atoms with Gasteiger partial charge in [0.25, 0.3) is 0 Å². The highest BCUT2D eigenvalue weighted by atomic mass is 16.6. The molecule has 0 bridgehead atoms. The summed E-state index contributed by atoms with van der Waals surface area (Å²) >= 11 is 0. The van der Waals surface area contributed by atoms with Crippen LogP contribution in [0.15, 0.2) is 71.9 Å². The van der Waals surface area contributed by atoms with Crippen molar-refractivity contribution in [1.82, 2.24) is 9.58 Å². The molecule has 0 aliphatic carbocycles. The van der Waals surface area contributed by atoms with Crippen LogP contribution in [-0.2, 0) is 11.3 Å². The van der Waals surface area contributed by atoms with Gasteiger partial charge in [-0.15, -0.1) is 0 Å². The van der Waals surface area contributed by atoms with Crippen LogP contribution in [0.25, 0.3) is 11.1 Å². The van der Waals surface area contributed by atoms with E-state index in [2.05, 4.69) is 10.4 Å². The van der Waals surface area contributed by atoms with Gasteiger partial charge in [0.1, 0.15) is 30.5 Å². The van der Waals surface area contributed by atoms with Crippen LogP contribution < -0.4 is 5.43 Å². The maximum Gasteiger partial charge on any atom is 0.164 e. The molecule has 3 heterocycles. The first-order valence-electron chi connectivity index (χ1n) is 10.2. The fourth-order valence-corrected chi connectivity index (χ4v) is 4.11. The van der Waals surface area contributed by atoms with E-state index in [1.54, 1.807) is 10.9 Å². The molecule has 0 spiro atoms. The molecule has 1 saturated heterocycles. The number of aliphatic hydroxyl groups is 3. The van der Waals surface area contributed by atoms with Gasteiger partial charge in [-0.25, -0.2) is 4.99 Å². The number of nitrogens with one attached hydrogen (secondary N) is 1. The molecule has 4 N–H and O–H groups in total. The Balaban J connectivity index is 1.53. The van der Waals surface area contributed by atoms with Gasteiger partial charge in [0, 0.05) is 17.3 Å². The molecule has 0 radical (unpaired) electrons. The van der Waals surface area contributed by atoms with E-state index in [4.69, 9.17) is 4.74 Å². The summed E-state index contributed by atoms with van der Waals surface area (Å²) in [5, 5.41) is 32.1. The van der Waals surface area contributed by atoms with Crippen LogP contribution in [0, 0.1) is 0 Å². The molecule has 1 aromatic heterocycles. The molecule has 2 aliphatic heterocycles. The van der Waals surface area contributed by atoms with E-state index in [1.807, 2.05) is 71.9 Å². The number of hydrogen-bond acceptors (Lipinski definition) is 7. The van der Waals surface area contributed by atoms with E-state index in [-0.39, 0.29) is 6.61 Å². The van der Waals surface area contributed by atoms with Crippen LogP contribution >= 0.6 is 0 Å². The summed E-state index contributed by atoms with van der Waals surface area (Å²) in [5.74, 6) is 0.653. The SMILES string of the molecule is OC[C@H]1O[C@@H](n2cc(-c3ccccc3)c3c2N=CN(Nc2ccccc2)C3)[C@H](O)[C@@H]1O. The second-order valence-corrected chi connectivity index (χ2v) is 7.70. The molecule has 31 heavy (non-hydrogen) atoms. The van der Waals surface area contributed by atoms with E-state index >= 15 is 0 Å². The number of hydrogen-bond donors (Lipinski definition) is 4. The van der Waals surface area contributed by atoms with Crippen LogP contribution in [0.2, 0.25) is 0 Å². The number of anilines is 1. The van der Waals surface area contributed by atoms with Gasteiger partial charge in [-0.3, -0.25) is 10.4 Å². The van der Waals surface area contributed by atoms with Crippen LogP contribution in [0.4, 0.5) is 11.5 Å². The summed E-state index contributed by atoms with van der Waals surface area (Å²) < 4.78 is 7.52. The predicted octanol–water partition coefficient (Wildman–Crippen LogP) is 2.27. The summed E-state index contributed by atoms with van der Waals surface area (Å²) in [5.41, 5.74) is 7.22. The van der Waals surface area contributed by atoms with Crippen molar-refractivity contribution >= 4 is 17.8 Å². The van der Waals surface area contributed by atoms with E-state index in [0.717, 1.165) is 22.4 Å². The molecule has 2 aromatic carbocycles. The lowest BCUT2D eigenvalue weighted by Crippen LogP contribution is -2.33. The Labute approximate surface area is 179 Å². The number of ether oxygens (including phenoxy) is 1. The Morgan fingerprint density at radius 2 is 1.71 bits per heavy atom. The minimum atomic E-state index is -1.17. The second-order valence-electron chi connectivity index (χ2n) is 7.70. The lowest BCUT2D eigenvalue weighted by molar-refractivity contribution is -0.0518. The highest BCUT2D eigenvalue weighted by Gasteiger charge is 2.44. The maximum absolute atomic E-state index is 10.6. The van der Waals surface area contributed by atoms with Gasteiger partial charge >= 0.3 is 0 Å². The van der Waals surface area contributed by atoms with E-state index in [0.29, 0.717) is 12.4 Å². The molecule has 8 nitrogen and oxygen atoms in total. The summed E-state index contributed by atoms with van der Waals surface area (Å²) in [7, 11) is 0. The number of hydrazine groups is 1. The zero-order chi connectivity index (χ0) is 21.4. The number of aromatic nitrogens is 1. The molecule has 2 aliphatic rings. The standard InChI is InChI=1S/C23H24N4O4/c28-13-19-20(29)21(30)23(31-19)27-12-17(15-7-3-1-4-8-15)18-11-26(14-24-22(18)27)25-16-9-5-2-6-10-16/h1-10,12,14,19-21,23,25,28-30H,11,13H2/t19-,20-,21-,23-/m1/s1. The molecule has 4 atom stereocenters. The summed E-state index contributed by atoms with van der Waals surface area (Å²) in [6.07, 6.45) is -0.442. The fourth-order valence-electron chi connectivity index (χ4n) is 4.11. The normalized spacial score (nSPS) is 24.9. The minimum absolute atomic E-state index is 0.373. The monoisotopic (exact) mass is 420 g/mol. The van der Waals surface area contributed by atoms with Gasteiger partial charge in [-0.1, -0.05) is 48.5 Å². The largest absolute Gasteiger partial charge is 0.394 e. The maximum atomic E-state index is 10.6. The molecule has 0 unspecified atom stereocenters. The first-order chi connectivity index (χ1) is 15.2. The highest BCUT2D eigenvalue weighted by molar-refractivity contribution is 5.77. The smallest absolute Gasteiger partial charge is 0.164 e. The van der Waals surface area contributed by atoms with Crippen molar-refractivity contribution in [2.75, 3.05) is 12.0 Å². The molecule has 5 rings (SSSR count). The average molecular weight is 420 g/mol. The van der Waals surface area contributed by atoms with E-state index in [9.17, 15) is 15.3 Å². The van der Waals surface area contributed by atoms with Crippen molar-refractivity contribution in [1.29, 1.82) is 0 Å². The Kier molecular flexibility index (Phi) is 5.21. The lowest BCUT2D eigenvalue weighted by atomic mass is 10.0. The molecule has 0 saturated carbocycles.